The van der Waals surface area contributed by atoms with Crippen molar-refractivity contribution in [3.8, 4) is 11.5 Å². The van der Waals surface area contributed by atoms with E-state index >= 15 is 0 Å². The number of amides is 2. The molecule has 0 saturated carbocycles. The molecule has 0 saturated heterocycles. The van der Waals surface area contributed by atoms with E-state index in [1.54, 1.807) is 43.1 Å². The quantitative estimate of drug-likeness (QED) is 0.749. The summed E-state index contributed by atoms with van der Waals surface area (Å²) < 4.78 is 5.73. The van der Waals surface area contributed by atoms with Crippen LogP contribution in [0, 0.1) is 0 Å². The zero-order valence-corrected chi connectivity index (χ0v) is 16.2. The first kappa shape index (κ1) is 20.5. The average Bonchev–Trinajstić information content (AvgIpc) is 2.62. The Hall–Kier alpha value is -2.86. The molecule has 0 aliphatic rings. The Morgan fingerprint density at radius 1 is 0.963 bits per heavy atom. The van der Waals surface area contributed by atoms with Crippen LogP contribution in [0.4, 0.5) is 5.69 Å². The van der Waals surface area contributed by atoms with Gasteiger partial charge in [0.05, 0.1) is 12.6 Å². The minimum Gasteiger partial charge on any atom is -0.457 e. The van der Waals surface area contributed by atoms with Crippen molar-refractivity contribution in [2.24, 2.45) is 0 Å². The van der Waals surface area contributed by atoms with E-state index in [1.165, 1.54) is 0 Å². The van der Waals surface area contributed by atoms with E-state index in [2.05, 4.69) is 10.6 Å². The molecule has 2 N–H and O–H groups in total. The Morgan fingerprint density at radius 3 is 2.15 bits per heavy atom. The van der Waals surface area contributed by atoms with Gasteiger partial charge in [-0.15, -0.1) is 0 Å². The van der Waals surface area contributed by atoms with Gasteiger partial charge in [-0.05, 0) is 64.2 Å². The summed E-state index contributed by atoms with van der Waals surface area (Å²) in [5.74, 6) is 1.17. The lowest BCUT2D eigenvalue weighted by Crippen LogP contribution is -2.45. The third-order valence-electron chi connectivity index (χ3n) is 3.98. The van der Waals surface area contributed by atoms with Gasteiger partial charge in [0.15, 0.2) is 0 Å². The Morgan fingerprint density at radius 2 is 1.56 bits per heavy atom. The van der Waals surface area contributed by atoms with Crippen molar-refractivity contribution < 1.29 is 14.3 Å². The highest BCUT2D eigenvalue weighted by Gasteiger charge is 2.20. The summed E-state index contributed by atoms with van der Waals surface area (Å²) >= 11 is 0. The highest BCUT2D eigenvalue weighted by Crippen LogP contribution is 2.22. The van der Waals surface area contributed by atoms with Crippen LogP contribution in [0.15, 0.2) is 54.6 Å². The molecule has 0 aromatic heterocycles. The fourth-order valence-corrected chi connectivity index (χ4v) is 2.41. The number of para-hydroxylation sites is 1. The molecule has 0 radical (unpaired) electrons. The Kier molecular flexibility index (Phi) is 7.37. The number of hydrogen-bond acceptors (Lipinski definition) is 4. The molecule has 0 spiro atoms. The second-order valence-corrected chi connectivity index (χ2v) is 6.74. The van der Waals surface area contributed by atoms with Crippen LogP contribution in [0.25, 0.3) is 0 Å². The number of rotatable bonds is 8. The molecule has 2 amide bonds. The number of carbonyl (C=O) groups is 2. The number of anilines is 1. The van der Waals surface area contributed by atoms with Gasteiger partial charge >= 0.3 is 0 Å². The molecule has 27 heavy (non-hydrogen) atoms. The number of nitrogens with one attached hydrogen (secondary N) is 2. The highest BCUT2D eigenvalue weighted by molar-refractivity contribution is 5.95. The predicted octanol–water partition coefficient (Wildman–Crippen LogP) is 3.26. The van der Waals surface area contributed by atoms with Gasteiger partial charge in [0.25, 0.3) is 0 Å². The van der Waals surface area contributed by atoms with Crippen LogP contribution in [-0.2, 0) is 9.59 Å². The fraction of sp³-hybridized carbons (Fsp3) is 0.333. The summed E-state index contributed by atoms with van der Waals surface area (Å²) in [5.41, 5.74) is 0.673. The second kappa shape index (κ2) is 9.73. The SMILES string of the molecule is CC(C)NC(=O)CN(C)[C@@H](C)C(=O)Nc1ccc(Oc2ccccc2)cc1. The molecule has 2 rings (SSSR count). The van der Waals surface area contributed by atoms with Crippen LogP contribution in [0.3, 0.4) is 0 Å². The molecule has 0 fully saturated rings. The van der Waals surface area contributed by atoms with Gasteiger partial charge < -0.3 is 15.4 Å². The Bertz CT molecular complexity index is 745. The van der Waals surface area contributed by atoms with Gasteiger partial charge in [0.1, 0.15) is 11.5 Å². The zero-order chi connectivity index (χ0) is 19.8. The van der Waals surface area contributed by atoms with E-state index in [4.69, 9.17) is 4.74 Å². The Labute approximate surface area is 160 Å². The monoisotopic (exact) mass is 369 g/mol. The van der Waals surface area contributed by atoms with Crippen molar-refractivity contribution in [3.05, 3.63) is 54.6 Å². The summed E-state index contributed by atoms with van der Waals surface area (Å²) in [4.78, 5) is 26.0. The normalized spacial score (nSPS) is 11.9. The molecule has 144 valence electrons. The van der Waals surface area contributed by atoms with Crippen molar-refractivity contribution in [2.45, 2.75) is 32.9 Å². The number of likely N-dealkylation sites (N-methyl/N-ethyl adjacent to an activating group) is 1. The first-order valence-corrected chi connectivity index (χ1v) is 8.98. The molecule has 0 heterocycles. The van der Waals surface area contributed by atoms with E-state index in [0.717, 1.165) is 5.75 Å². The van der Waals surface area contributed by atoms with Crippen molar-refractivity contribution in [1.29, 1.82) is 0 Å². The summed E-state index contributed by atoms with van der Waals surface area (Å²) in [6, 6.07) is 16.3. The molecule has 2 aromatic carbocycles. The summed E-state index contributed by atoms with van der Waals surface area (Å²) in [7, 11) is 1.75. The topological polar surface area (TPSA) is 70.7 Å². The third-order valence-corrected chi connectivity index (χ3v) is 3.98. The van der Waals surface area contributed by atoms with Crippen LogP contribution < -0.4 is 15.4 Å². The van der Waals surface area contributed by atoms with E-state index in [-0.39, 0.29) is 24.4 Å². The van der Waals surface area contributed by atoms with Gasteiger partial charge in [-0.1, -0.05) is 18.2 Å². The molecule has 1 atom stereocenters. The van der Waals surface area contributed by atoms with E-state index in [0.29, 0.717) is 11.4 Å². The lowest BCUT2D eigenvalue weighted by atomic mass is 10.2. The lowest BCUT2D eigenvalue weighted by Gasteiger charge is -2.23. The third kappa shape index (κ3) is 6.75. The standard InChI is InChI=1S/C21H27N3O3/c1-15(2)22-20(25)14-24(4)16(3)21(26)23-17-10-12-19(13-11-17)27-18-8-6-5-7-9-18/h5-13,15-16H,14H2,1-4H3,(H,22,25)(H,23,26)/t16-/m0/s1. The van der Waals surface area contributed by atoms with Crippen LogP contribution in [-0.4, -0.2) is 42.4 Å². The number of nitrogens with zero attached hydrogens (tertiary/aromatic N) is 1. The number of ether oxygens (including phenoxy) is 1. The summed E-state index contributed by atoms with van der Waals surface area (Å²) in [6.07, 6.45) is 0. The summed E-state index contributed by atoms with van der Waals surface area (Å²) in [6.45, 7) is 5.74. The maximum atomic E-state index is 12.4. The van der Waals surface area contributed by atoms with Crippen LogP contribution in [0.2, 0.25) is 0 Å². The first-order chi connectivity index (χ1) is 12.8. The van der Waals surface area contributed by atoms with Crippen LogP contribution in [0.5, 0.6) is 11.5 Å². The molecular weight excluding hydrogens is 342 g/mol. The molecule has 0 aliphatic carbocycles. The zero-order valence-electron chi connectivity index (χ0n) is 16.2. The smallest absolute Gasteiger partial charge is 0.241 e. The molecular formula is C21H27N3O3. The van der Waals surface area contributed by atoms with Gasteiger partial charge in [0, 0.05) is 11.7 Å². The minimum atomic E-state index is -0.442. The van der Waals surface area contributed by atoms with E-state index in [1.807, 2.05) is 44.2 Å². The highest BCUT2D eigenvalue weighted by atomic mass is 16.5. The van der Waals surface area contributed by atoms with Crippen LogP contribution in [0.1, 0.15) is 20.8 Å². The summed E-state index contributed by atoms with van der Waals surface area (Å²) in [5, 5.41) is 5.68. The van der Waals surface area contributed by atoms with Gasteiger partial charge in [0.2, 0.25) is 11.8 Å². The first-order valence-electron chi connectivity index (χ1n) is 8.98. The van der Waals surface area contributed by atoms with Crippen molar-refractivity contribution in [3.63, 3.8) is 0 Å². The maximum absolute atomic E-state index is 12.4. The van der Waals surface area contributed by atoms with E-state index in [9.17, 15) is 9.59 Å². The fourth-order valence-electron chi connectivity index (χ4n) is 2.41. The van der Waals surface area contributed by atoms with Gasteiger partial charge in [-0.2, -0.15) is 0 Å². The molecule has 0 aliphatic heterocycles. The molecule has 6 nitrogen and oxygen atoms in total. The van der Waals surface area contributed by atoms with Crippen molar-refractivity contribution in [2.75, 3.05) is 18.9 Å². The predicted molar refractivity (Wildman–Crippen MR) is 107 cm³/mol. The van der Waals surface area contributed by atoms with Crippen LogP contribution >= 0.6 is 0 Å². The van der Waals surface area contributed by atoms with Gasteiger partial charge in [-0.3, -0.25) is 14.5 Å². The van der Waals surface area contributed by atoms with Gasteiger partial charge in [-0.25, -0.2) is 0 Å². The average molecular weight is 369 g/mol. The Balaban J connectivity index is 1.88. The van der Waals surface area contributed by atoms with Crippen molar-refractivity contribution >= 4 is 17.5 Å². The second-order valence-electron chi connectivity index (χ2n) is 6.74. The number of carbonyl (C=O) groups excluding carboxylic acids is 2. The molecule has 6 heteroatoms. The molecule has 0 unspecified atom stereocenters. The van der Waals surface area contributed by atoms with E-state index < -0.39 is 6.04 Å². The maximum Gasteiger partial charge on any atom is 0.241 e. The minimum absolute atomic E-state index is 0.0756. The number of benzene rings is 2. The number of hydrogen-bond donors (Lipinski definition) is 2. The molecule has 0 bridgehead atoms. The van der Waals surface area contributed by atoms with Crippen molar-refractivity contribution in [1.82, 2.24) is 10.2 Å². The largest absolute Gasteiger partial charge is 0.457 e. The molecule has 2 aromatic rings. The lowest BCUT2D eigenvalue weighted by molar-refractivity contribution is -0.125.